The monoisotopic (exact) mass is 432 g/mol. The van der Waals surface area contributed by atoms with Gasteiger partial charge in [-0.15, -0.1) is 0 Å². The minimum Gasteiger partial charge on any atom is -0.497 e. The first kappa shape index (κ1) is 22.0. The lowest BCUT2D eigenvalue weighted by atomic mass is 10.00. The van der Waals surface area contributed by atoms with E-state index >= 15 is 0 Å². The molecule has 1 fully saturated rings. The number of nitrogens with zero attached hydrogens (tertiary/aromatic N) is 2. The van der Waals surface area contributed by atoms with E-state index in [2.05, 4.69) is 36.1 Å². The molecule has 0 aliphatic carbocycles. The summed E-state index contributed by atoms with van der Waals surface area (Å²) in [5.41, 5.74) is 3.90. The normalized spacial score (nSPS) is 14.8. The molecule has 1 amide bonds. The van der Waals surface area contributed by atoms with Gasteiger partial charge in [-0.25, -0.2) is 4.39 Å². The molecule has 0 atom stereocenters. The number of carbonyl (C=O) groups excluding carboxylic acids is 1. The van der Waals surface area contributed by atoms with Crippen molar-refractivity contribution < 1.29 is 13.9 Å². The Morgan fingerprint density at radius 3 is 2.34 bits per heavy atom. The van der Waals surface area contributed by atoms with E-state index < -0.39 is 0 Å². The van der Waals surface area contributed by atoms with Crippen molar-refractivity contribution >= 4 is 11.6 Å². The number of hydrogen-bond donors (Lipinski definition) is 0. The van der Waals surface area contributed by atoms with E-state index in [1.54, 1.807) is 43.5 Å². The minimum atomic E-state index is -0.307. The van der Waals surface area contributed by atoms with Gasteiger partial charge in [0.25, 0.3) is 5.91 Å². The van der Waals surface area contributed by atoms with Gasteiger partial charge in [-0.1, -0.05) is 29.8 Å². The predicted molar refractivity (Wildman–Crippen MR) is 126 cm³/mol. The number of likely N-dealkylation sites (tertiary alicyclic amines) is 1. The number of halogens is 1. The number of ether oxygens (including phenoxy) is 1. The van der Waals surface area contributed by atoms with Crippen molar-refractivity contribution in [1.29, 1.82) is 0 Å². The number of rotatable bonds is 6. The molecule has 1 aliphatic heterocycles. The van der Waals surface area contributed by atoms with Crippen molar-refractivity contribution in [2.45, 2.75) is 32.4 Å². The topological polar surface area (TPSA) is 32.8 Å². The molecule has 166 valence electrons. The second-order valence-corrected chi connectivity index (χ2v) is 8.38. The van der Waals surface area contributed by atoms with E-state index in [1.807, 2.05) is 4.90 Å². The van der Waals surface area contributed by atoms with Crippen LogP contribution in [0.4, 0.5) is 10.1 Å². The number of carbonyl (C=O) groups is 1. The maximum atomic E-state index is 13.6. The number of benzene rings is 3. The van der Waals surface area contributed by atoms with Crippen molar-refractivity contribution in [1.82, 2.24) is 4.90 Å². The van der Waals surface area contributed by atoms with Crippen molar-refractivity contribution in [2.75, 3.05) is 25.1 Å². The summed E-state index contributed by atoms with van der Waals surface area (Å²) in [6, 6.07) is 22.0. The molecule has 0 radical (unpaired) electrons. The summed E-state index contributed by atoms with van der Waals surface area (Å²) in [5.74, 6) is 0.328. The second-order valence-electron chi connectivity index (χ2n) is 8.38. The van der Waals surface area contributed by atoms with E-state index in [0.29, 0.717) is 11.3 Å². The van der Waals surface area contributed by atoms with Crippen LogP contribution in [0.1, 0.15) is 34.3 Å². The number of hydrogen-bond acceptors (Lipinski definition) is 3. The number of piperidine rings is 1. The number of anilines is 1. The summed E-state index contributed by atoms with van der Waals surface area (Å²) in [6.07, 6.45) is 1.73. The van der Waals surface area contributed by atoms with Crippen molar-refractivity contribution in [2.24, 2.45) is 0 Å². The van der Waals surface area contributed by atoms with Crippen molar-refractivity contribution in [3.63, 3.8) is 0 Å². The van der Waals surface area contributed by atoms with Gasteiger partial charge in [0.2, 0.25) is 0 Å². The number of amides is 1. The first-order valence-electron chi connectivity index (χ1n) is 11.0. The second kappa shape index (κ2) is 9.96. The third-order valence-corrected chi connectivity index (χ3v) is 6.07. The van der Waals surface area contributed by atoms with Crippen molar-refractivity contribution in [3.8, 4) is 5.75 Å². The molecule has 1 saturated heterocycles. The highest BCUT2D eigenvalue weighted by molar-refractivity contribution is 6.06. The number of methoxy groups -OCH3 is 1. The Labute approximate surface area is 189 Å². The van der Waals surface area contributed by atoms with Gasteiger partial charge in [-0.05, 0) is 73.9 Å². The molecule has 0 N–H and O–H groups in total. The van der Waals surface area contributed by atoms with Crippen LogP contribution in [-0.2, 0) is 6.54 Å². The molecule has 4 rings (SSSR count). The van der Waals surface area contributed by atoms with E-state index in [-0.39, 0.29) is 17.8 Å². The molecular formula is C27H29FN2O2. The zero-order valence-corrected chi connectivity index (χ0v) is 18.6. The quantitative estimate of drug-likeness (QED) is 0.519. The predicted octanol–water partition coefficient (Wildman–Crippen LogP) is 5.45. The fourth-order valence-electron chi connectivity index (χ4n) is 4.37. The van der Waals surface area contributed by atoms with Crippen LogP contribution in [0.3, 0.4) is 0 Å². The van der Waals surface area contributed by atoms with E-state index in [4.69, 9.17) is 4.74 Å². The maximum absolute atomic E-state index is 13.6. The first-order chi connectivity index (χ1) is 15.5. The van der Waals surface area contributed by atoms with Gasteiger partial charge >= 0.3 is 0 Å². The number of aryl methyl sites for hydroxylation is 1. The molecule has 3 aromatic carbocycles. The highest BCUT2D eigenvalue weighted by Gasteiger charge is 2.30. The lowest BCUT2D eigenvalue weighted by Crippen LogP contribution is -2.47. The zero-order valence-electron chi connectivity index (χ0n) is 18.6. The van der Waals surface area contributed by atoms with Gasteiger partial charge < -0.3 is 9.64 Å². The molecule has 32 heavy (non-hydrogen) atoms. The van der Waals surface area contributed by atoms with Crippen LogP contribution in [0.2, 0.25) is 0 Å². The van der Waals surface area contributed by atoms with Crippen LogP contribution in [0, 0.1) is 12.7 Å². The average molecular weight is 433 g/mol. The SMILES string of the molecule is COc1ccc(C(=O)N(c2ccc(F)cc2)C2CCN(Cc3cccc(C)c3)CC2)cc1. The molecule has 1 aliphatic rings. The summed E-state index contributed by atoms with van der Waals surface area (Å²) in [5, 5.41) is 0. The summed E-state index contributed by atoms with van der Waals surface area (Å²) < 4.78 is 18.8. The van der Waals surface area contributed by atoms with Crippen molar-refractivity contribution in [3.05, 3.63) is 95.3 Å². The summed E-state index contributed by atoms with van der Waals surface area (Å²) in [4.78, 5) is 17.8. The molecule has 0 aromatic heterocycles. The van der Waals surface area contributed by atoms with Gasteiger partial charge in [-0.2, -0.15) is 0 Å². The van der Waals surface area contributed by atoms with E-state index in [9.17, 15) is 9.18 Å². The van der Waals surface area contributed by atoms with Crippen LogP contribution >= 0.6 is 0 Å². The standard InChI is InChI=1S/C27H29FN2O2/c1-20-4-3-5-21(18-20)19-29-16-14-25(15-17-29)30(24-10-8-23(28)9-11-24)27(31)22-6-12-26(32-2)13-7-22/h3-13,18,25H,14-17,19H2,1-2H3. The Morgan fingerprint density at radius 1 is 1.03 bits per heavy atom. The maximum Gasteiger partial charge on any atom is 0.258 e. The van der Waals surface area contributed by atoms with E-state index in [1.165, 1.54) is 23.3 Å². The largest absolute Gasteiger partial charge is 0.497 e. The van der Waals surface area contributed by atoms with E-state index in [0.717, 1.165) is 38.2 Å². The van der Waals surface area contributed by atoms with Crippen LogP contribution in [0.5, 0.6) is 5.75 Å². The van der Waals surface area contributed by atoms with Crippen LogP contribution < -0.4 is 9.64 Å². The fraction of sp³-hybridized carbons (Fsp3) is 0.296. The fourth-order valence-corrected chi connectivity index (χ4v) is 4.37. The highest BCUT2D eigenvalue weighted by Crippen LogP contribution is 2.27. The Morgan fingerprint density at radius 2 is 1.72 bits per heavy atom. The molecule has 0 saturated carbocycles. The molecule has 0 unspecified atom stereocenters. The molecule has 5 heteroatoms. The zero-order chi connectivity index (χ0) is 22.5. The third-order valence-electron chi connectivity index (χ3n) is 6.07. The molecule has 3 aromatic rings. The first-order valence-corrected chi connectivity index (χ1v) is 11.0. The molecule has 0 spiro atoms. The third kappa shape index (κ3) is 5.17. The highest BCUT2D eigenvalue weighted by atomic mass is 19.1. The molecule has 0 bridgehead atoms. The van der Waals surface area contributed by atoms with Gasteiger partial charge in [0, 0.05) is 36.9 Å². The Kier molecular flexibility index (Phi) is 6.86. The summed E-state index contributed by atoms with van der Waals surface area (Å²) in [7, 11) is 1.60. The molecule has 4 nitrogen and oxygen atoms in total. The Hall–Kier alpha value is -3.18. The lowest BCUT2D eigenvalue weighted by Gasteiger charge is -2.38. The summed E-state index contributed by atoms with van der Waals surface area (Å²) >= 11 is 0. The van der Waals surface area contributed by atoms with Gasteiger partial charge in [0.15, 0.2) is 0 Å². The molecule has 1 heterocycles. The Bertz CT molecular complexity index is 1040. The lowest BCUT2D eigenvalue weighted by molar-refractivity contribution is 0.0958. The molecular weight excluding hydrogens is 403 g/mol. The minimum absolute atomic E-state index is 0.0591. The average Bonchev–Trinajstić information content (AvgIpc) is 2.81. The van der Waals surface area contributed by atoms with Crippen LogP contribution in [0.25, 0.3) is 0 Å². The van der Waals surface area contributed by atoms with Gasteiger partial charge in [0.05, 0.1) is 7.11 Å². The van der Waals surface area contributed by atoms with Gasteiger partial charge in [-0.3, -0.25) is 9.69 Å². The van der Waals surface area contributed by atoms with Crippen LogP contribution in [-0.4, -0.2) is 37.0 Å². The van der Waals surface area contributed by atoms with Gasteiger partial charge in [0.1, 0.15) is 11.6 Å². The smallest absolute Gasteiger partial charge is 0.258 e. The van der Waals surface area contributed by atoms with Crippen LogP contribution in [0.15, 0.2) is 72.8 Å². The Balaban J connectivity index is 1.51. The summed E-state index contributed by atoms with van der Waals surface area (Å²) in [6.45, 7) is 4.84.